The molecule has 0 radical (unpaired) electrons. The molecule has 108 valence electrons. The Morgan fingerprint density at radius 3 is 2.32 bits per heavy atom. The molecule has 0 bridgehead atoms. The summed E-state index contributed by atoms with van der Waals surface area (Å²) in [5, 5.41) is 0. The van der Waals surface area contributed by atoms with Crippen LogP contribution in [0.4, 0.5) is 0 Å². The fourth-order valence-electron chi connectivity index (χ4n) is 2.02. The van der Waals surface area contributed by atoms with Crippen LogP contribution in [0.3, 0.4) is 0 Å². The lowest BCUT2D eigenvalue weighted by atomic mass is 10.1. The predicted octanol–water partition coefficient (Wildman–Crippen LogP) is 6.30. The molecule has 3 heteroatoms. The number of rotatable bonds is 10. The Morgan fingerprint density at radius 1 is 1.05 bits per heavy atom. The van der Waals surface area contributed by atoms with Crippen molar-refractivity contribution >= 4 is 38.5 Å². The number of ether oxygens (including phenoxy) is 1. The first kappa shape index (κ1) is 17.4. The molecule has 1 aromatic rings. The molecule has 1 atom stereocenters. The molecule has 1 unspecified atom stereocenters. The van der Waals surface area contributed by atoms with E-state index in [1.54, 1.807) is 0 Å². The van der Waals surface area contributed by atoms with Crippen molar-refractivity contribution in [1.29, 1.82) is 0 Å². The van der Waals surface area contributed by atoms with Crippen molar-refractivity contribution in [2.75, 3.05) is 11.0 Å². The summed E-state index contributed by atoms with van der Waals surface area (Å²) >= 11 is 5.87. The number of alkyl halides is 1. The van der Waals surface area contributed by atoms with Crippen LogP contribution < -0.4 is 0 Å². The quantitative estimate of drug-likeness (QED) is 0.236. The molecule has 0 saturated carbocycles. The summed E-state index contributed by atoms with van der Waals surface area (Å²) in [5.41, 5.74) is 1.28. The van der Waals surface area contributed by atoms with Crippen molar-refractivity contribution in [3.8, 4) is 0 Å². The normalized spacial score (nSPS) is 12.6. The van der Waals surface area contributed by atoms with E-state index in [2.05, 4.69) is 69.7 Å². The summed E-state index contributed by atoms with van der Waals surface area (Å²) < 4.78 is 8.13. The van der Waals surface area contributed by atoms with Gasteiger partial charge in [-0.1, -0.05) is 89.7 Å². The van der Waals surface area contributed by atoms with E-state index in [-0.39, 0.29) is 6.10 Å². The SMILES string of the molecule is CCCCCCCCOC(CI)c1ccc(Br)cc1. The first-order valence-electron chi connectivity index (χ1n) is 7.21. The maximum Gasteiger partial charge on any atom is 0.0914 e. The average molecular weight is 439 g/mol. The Hall–Kier alpha value is 0.390. The Balaban J connectivity index is 2.20. The molecule has 0 aliphatic heterocycles. The van der Waals surface area contributed by atoms with Gasteiger partial charge < -0.3 is 4.74 Å². The zero-order chi connectivity index (χ0) is 13.9. The average Bonchev–Trinajstić information content (AvgIpc) is 2.43. The fourth-order valence-corrected chi connectivity index (χ4v) is 3.04. The Bertz CT molecular complexity index is 326. The molecule has 0 heterocycles. The maximum atomic E-state index is 6.00. The van der Waals surface area contributed by atoms with Gasteiger partial charge in [0, 0.05) is 15.5 Å². The van der Waals surface area contributed by atoms with Crippen LogP contribution in [0.1, 0.15) is 57.1 Å². The second-order valence-corrected chi connectivity index (χ2v) is 6.63. The summed E-state index contributed by atoms with van der Waals surface area (Å²) in [7, 11) is 0. The highest BCUT2D eigenvalue weighted by atomic mass is 127. The third-order valence-electron chi connectivity index (χ3n) is 3.20. The first-order chi connectivity index (χ1) is 9.27. The fraction of sp³-hybridized carbons (Fsp3) is 0.625. The van der Waals surface area contributed by atoms with Crippen molar-refractivity contribution < 1.29 is 4.74 Å². The van der Waals surface area contributed by atoms with Gasteiger partial charge in [-0.25, -0.2) is 0 Å². The standard InChI is InChI=1S/C16H24BrIO/c1-2-3-4-5-6-7-12-19-16(13-18)14-8-10-15(17)11-9-14/h8-11,16H,2-7,12-13H2,1H3. The second kappa shape index (κ2) is 11.1. The van der Waals surface area contributed by atoms with Crippen LogP contribution in [0.5, 0.6) is 0 Å². The van der Waals surface area contributed by atoms with Gasteiger partial charge in [0.25, 0.3) is 0 Å². The lowest BCUT2D eigenvalue weighted by Crippen LogP contribution is -2.07. The van der Waals surface area contributed by atoms with Crippen molar-refractivity contribution in [3.05, 3.63) is 34.3 Å². The Labute approximate surface area is 139 Å². The van der Waals surface area contributed by atoms with Gasteiger partial charge in [-0.15, -0.1) is 0 Å². The van der Waals surface area contributed by atoms with E-state index in [1.807, 2.05) is 0 Å². The Kier molecular flexibility index (Phi) is 10.2. The number of hydrogen-bond donors (Lipinski definition) is 0. The van der Waals surface area contributed by atoms with Crippen LogP contribution in [0.15, 0.2) is 28.7 Å². The van der Waals surface area contributed by atoms with Crippen molar-refractivity contribution in [2.45, 2.75) is 51.6 Å². The van der Waals surface area contributed by atoms with Crippen LogP contribution in [0.2, 0.25) is 0 Å². The minimum absolute atomic E-state index is 0.240. The zero-order valence-corrected chi connectivity index (χ0v) is 15.5. The number of hydrogen-bond acceptors (Lipinski definition) is 1. The van der Waals surface area contributed by atoms with Gasteiger partial charge in [-0.3, -0.25) is 0 Å². The molecule has 0 amide bonds. The van der Waals surface area contributed by atoms with E-state index in [1.165, 1.54) is 44.1 Å². The molecular formula is C16H24BrIO. The second-order valence-electron chi connectivity index (χ2n) is 4.83. The predicted molar refractivity (Wildman–Crippen MR) is 95.1 cm³/mol. The summed E-state index contributed by atoms with van der Waals surface area (Å²) in [6.07, 6.45) is 8.14. The summed E-state index contributed by atoms with van der Waals surface area (Å²) in [5.74, 6) is 0. The lowest BCUT2D eigenvalue weighted by Gasteiger charge is -2.16. The molecule has 0 saturated heterocycles. The van der Waals surface area contributed by atoms with Crippen LogP contribution >= 0.6 is 38.5 Å². The molecule has 0 spiro atoms. The molecule has 0 N–H and O–H groups in total. The molecular weight excluding hydrogens is 415 g/mol. The van der Waals surface area contributed by atoms with E-state index < -0.39 is 0 Å². The minimum Gasteiger partial charge on any atom is -0.373 e. The van der Waals surface area contributed by atoms with Gasteiger partial charge in [-0.2, -0.15) is 0 Å². The van der Waals surface area contributed by atoms with Gasteiger partial charge in [0.15, 0.2) is 0 Å². The van der Waals surface area contributed by atoms with E-state index in [0.717, 1.165) is 15.5 Å². The molecule has 0 fully saturated rings. The molecule has 0 aliphatic rings. The molecule has 0 aromatic heterocycles. The van der Waals surface area contributed by atoms with Crippen LogP contribution in [-0.4, -0.2) is 11.0 Å². The number of halogens is 2. The summed E-state index contributed by atoms with van der Waals surface area (Å²) in [4.78, 5) is 0. The van der Waals surface area contributed by atoms with Crippen molar-refractivity contribution in [3.63, 3.8) is 0 Å². The van der Waals surface area contributed by atoms with Crippen molar-refractivity contribution in [1.82, 2.24) is 0 Å². The van der Waals surface area contributed by atoms with Crippen LogP contribution in [0, 0.1) is 0 Å². The minimum atomic E-state index is 0.240. The number of benzene rings is 1. The highest BCUT2D eigenvalue weighted by Crippen LogP contribution is 2.22. The zero-order valence-electron chi connectivity index (χ0n) is 11.7. The van der Waals surface area contributed by atoms with E-state index in [9.17, 15) is 0 Å². The third kappa shape index (κ3) is 7.66. The number of unbranched alkanes of at least 4 members (excludes halogenated alkanes) is 5. The van der Waals surface area contributed by atoms with Gasteiger partial charge in [0.05, 0.1) is 6.10 Å². The monoisotopic (exact) mass is 438 g/mol. The smallest absolute Gasteiger partial charge is 0.0914 e. The first-order valence-corrected chi connectivity index (χ1v) is 9.52. The van der Waals surface area contributed by atoms with Crippen LogP contribution in [-0.2, 0) is 4.74 Å². The topological polar surface area (TPSA) is 9.23 Å². The van der Waals surface area contributed by atoms with Crippen LogP contribution in [0.25, 0.3) is 0 Å². The highest BCUT2D eigenvalue weighted by Gasteiger charge is 2.09. The largest absolute Gasteiger partial charge is 0.373 e. The van der Waals surface area contributed by atoms with Gasteiger partial charge in [-0.05, 0) is 24.1 Å². The molecule has 1 aromatic carbocycles. The lowest BCUT2D eigenvalue weighted by molar-refractivity contribution is 0.0679. The van der Waals surface area contributed by atoms with Gasteiger partial charge >= 0.3 is 0 Å². The van der Waals surface area contributed by atoms with E-state index in [4.69, 9.17) is 4.74 Å². The molecule has 1 rings (SSSR count). The third-order valence-corrected chi connectivity index (χ3v) is 4.53. The Morgan fingerprint density at radius 2 is 1.68 bits per heavy atom. The molecule has 0 aliphatic carbocycles. The van der Waals surface area contributed by atoms with Gasteiger partial charge in [0.1, 0.15) is 0 Å². The summed E-state index contributed by atoms with van der Waals surface area (Å²) in [6, 6.07) is 8.47. The van der Waals surface area contributed by atoms with Gasteiger partial charge in [0.2, 0.25) is 0 Å². The summed E-state index contributed by atoms with van der Waals surface area (Å²) in [6.45, 7) is 3.14. The molecule has 1 nitrogen and oxygen atoms in total. The van der Waals surface area contributed by atoms with Crippen molar-refractivity contribution in [2.24, 2.45) is 0 Å². The van der Waals surface area contributed by atoms with E-state index >= 15 is 0 Å². The van der Waals surface area contributed by atoms with E-state index in [0.29, 0.717) is 0 Å². The highest BCUT2D eigenvalue weighted by molar-refractivity contribution is 14.1. The maximum absolute atomic E-state index is 6.00. The molecule has 19 heavy (non-hydrogen) atoms.